The summed E-state index contributed by atoms with van der Waals surface area (Å²) in [5.41, 5.74) is 1.42. The molecule has 2 aliphatic rings. The van der Waals surface area contributed by atoms with Crippen molar-refractivity contribution in [1.29, 1.82) is 0 Å². The van der Waals surface area contributed by atoms with Crippen molar-refractivity contribution in [1.82, 2.24) is 0 Å². The number of phenolic OH excluding ortho intramolecular Hbond substituents is 1. The molecule has 4 nitrogen and oxygen atoms in total. The molecule has 0 spiro atoms. The second-order valence-electron chi connectivity index (χ2n) is 7.35. The van der Waals surface area contributed by atoms with Crippen LogP contribution in [0, 0.1) is 16.7 Å². The standard InChI is InChI=1S/C19H24O4/c1-18(2)13-6-7-19(18,3)17(21)12(13)8-11-9-14(22-4)16(20)15(10-11)23-5/h8-10,13,20H,6-7H2,1-5H3. The number of hydrogen-bond acceptors (Lipinski definition) is 4. The van der Waals surface area contributed by atoms with E-state index >= 15 is 0 Å². The Hall–Kier alpha value is -1.97. The van der Waals surface area contributed by atoms with Gasteiger partial charge in [-0.05, 0) is 53.5 Å². The van der Waals surface area contributed by atoms with Gasteiger partial charge in [0.1, 0.15) is 0 Å². The summed E-state index contributed by atoms with van der Waals surface area (Å²) < 4.78 is 10.4. The highest BCUT2D eigenvalue weighted by molar-refractivity contribution is 6.08. The van der Waals surface area contributed by atoms with Gasteiger partial charge in [0.05, 0.1) is 14.2 Å². The molecule has 0 amide bonds. The van der Waals surface area contributed by atoms with E-state index in [1.165, 1.54) is 14.2 Å². The predicted octanol–water partition coefficient (Wildman–Crippen LogP) is 3.82. The first-order chi connectivity index (χ1) is 10.8. The minimum atomic E-state index is -0.269. The summed E-state index contributed by atoms with van der Waals surface area (Å²) >= 11 is 0. The van der Waals surface area contributed by atoms with Gasteiger partial charge in [-0.15, -0.1) is 0 Å². The van der Waals surface area contributed by atoms with Crippen LogP contribution in [0.2, 0.25) is 0 Å². The molecule has 0 heterocycles. The topological polar surface area (TPSA) is 55.8 Å². The molecule has 4 heteroatoms. The van der Waals surface area contributed by atoms with E-state index in [1.54, 1.807) is 12.1 Å². The molecule has 2 aliphatic carbocycles. The average molecular weight is 316 g/mol. The second-order valence-corrected chi connectivity index (χ2v) is 7.35. The number of carbonyl (C=O) groups excluding carboxylic acids is 1. The largest absolute Gasteiger partial charge is 0.502 e. The summed E-state index contributed by atoms with van der Waals surface area (Å²) in [4.78, 5) is 12.9. The van der Waals surface area contributed by atoms with Crippen molar-refractivity contribution in [2.75, 3.05) is 14.2 Å². The first kappa shape index (κ1) is 15.9. The lowest BCUT2D eigenvalue weighted by Crippen LogP contribution is -2.32. The Morgan fingerprint density at radius 2 is 1.74 bits per heavy atom. The van der Waals surface area contributed by atoms with E-state index in [9.17, 15) is 9.90 Å². The normalized spacial score (nSPS) is 30.0. The molecule has 0 aromatic heterocycles. The molecule has 2 atom stereocenters. The van der Waals surface area contributed by atoms with Crippen LogP contribution in [-0.2, 0) is 4.79 Å². The summed E-state index contributed by atoms with van der Waals surface area (Å²) in [5, 5.41) is 10.0. The Labute approximate surface area is 137 Å². The molecular formula is C19H24O4. The van der Waals surface area contributed by atoms with Crippen LogP contribution in [0.5, 0.6) is 17.2 Å². The molecule has 23 heavy (non-hydrogen) atoms. The Bertz CT molecular complexity index is 676. The molecule has 2 saturated carbocycles. The lowest BCUT2D eigenvalue weighted by Gasteiger charge is -2.31. The first-order valence-corrected chi connectivity index (χ1v) is 7.97. The van der Waals surface area contributed by atoms with Gasteiger partial charge >= 0.3 is 0 Å². The van der Waals surface area contributed by atoms with Crippen LogP contribution in [0.25, 0.3) is 6.08 Å². The maximum Gasteiger partial charge on any atom is 0.200 e. The quantitative estimate of drug-likeness (QED) is 0.861. The third kappa shape index (κ3) is 2.00. The van der Waals surface area contributed by atoms with Crippen LogP contribution in [0.3, 0.4) is 0 Å². The molecular weight excluding hydrogens is 292 g/mol. The molecule has 2 fully saturated rings. The smallest absolute Gasteiger partial charge is 0.200 e. The third-order valence-corrected chi connectivity index (χ3v) is 6.19. The van der Waals surface area contributed by atoms with Crippen LogP contribution in [0.4, 0.5) is 0 Å². The lowest BCUT2D eigenvalue weighted by molar-refractivity contribution is -0.125. The number of fused-ring (bicyclic) bond motifs is 2. The monoisotopic (exact) mass is 316 g/mol. The molecule has 1 N–H and O–H groups in total. The van der Waals surface area contributed by atoms with Crippen molar-refractivity contribution in [3.05, 3.63) is 23.3 Å². The number of phenols is 1. The van der Waals surface area contributed by atoms with Gasteiger partial charge in [-0.1, -0.05) is 20.8 Å². The molecule has 2 bridgehead atoms. The number of ketones is 1. The van der Waals surface area contributed by atoms with E-state index in [-0.39, 0.29) is 28.3 Å². The van der Waals surface area contributed by atoms with Crippen LogP contribution >= 0.6 is 0 Å². The zero-order valence-corrected chi connectivity index (χ0v) is 14.4. The molecule has 0 saturated heterocycles. The van der Waals surface area contributed by atoms with Crippen molar-refractivity contribution >= 4 is 11.9 Å². The van der Waals surface area contributed by atoms with Crippen LogP contribution in [0.15, 0.2) is 17.7 Å². The lowest BCUT2D eigenvalue weighted by atomic mass is 9.70. The summed E-state index contributed by atoms with van der Waals surface area (Å²) in [6.07, 6.45) is 3.94. The predicted molar refractivity (Wildman–Crippen MR) is 88.8 cm³/mol. The highest BCUT2D eigenvalue weighted by Crippen LogP contribution is 2.65. The number of methoxy groups -OCH3 is 2. The van der Waals surface area contributed by atoms with E-state index < -0.39 is 0 Å². The van der Waals surface area contributed by atoms with E-state index in [2.05, 4.69) is 20.8 Å². The van der Waals surface area contributed by atoms with Gasteiger partial charge in [-0.25, -0.2) is 0 Å². The Morgan fingerprint density at radius 1 is 1.17 bits per heavy atom. The van der Waals surface area contributed by atoms with Gasteiger partial charge in [-0.3, -0.25) is 4.79 Å². The fourth-order valence-corrected chi connectivity index (χ4v) is 4.27. The molecule has 1 aromatic carbocycles. The maximum absolute atomic E-state index is 12.9. The summed E-state index contributed by atoms with van der Waals surface area (Å²) in [7, 11) is 3.00. The molecule has 2 unspecified atom stereocenters. The zero-order chi connectivity index (χ0) is 17.0. The van der Waals surface area contributed by atoms with Crippen molar-refractivity contribution in [2.24, 2.45) is 16.7 Å². The number of benzene rings is 1. The van der Waals surface area contributed by atoms with Gasteiger partial charge in [-0.2, -0.15) is 0 Å². The van der Waals surface area contributed by atoms with Crippen LogP contribution in [-0.4, -0.2) is 25.1 Å². The van der Waals surface area contributed by atoms with E-state index in [4.69, 9.17) is 9.47 Å². The van der Waals surface area contributed by atoms with E-state index in [1.807, 2.05) is 6.08 Å². The number of ether oxygens (including phenoxy) is 2. The van der Waals surface area contributed by atoms with Gasteiger partial charge < -0.3 is 14.6 Å². The van der Waals surface area contributed by atoms with Gasteiger partial charge in [0.25, 0.3) is 0 Å². The highest BCUT2D eigenvalue weighted by atomic mass is 16.5. The first-order valence-electron chi connectivity index (χ1n) is 7.97. The average Bonchev–Trinajstić information content (AvgIpc) is 2.82. The van der Waals surface area contributed by atoms with E-state index in [0.29, 0.717) is 11.5 Å². The number of rotatable bonds is 3. The molecule has 1 aromatic rings. The van der Waals surface area contributed by atoms with Gasteiger partial charge in [0.2, 0.25) is 5.75 Å². The SMILES string of the molecule is COc1cc(C=C2C(=O)C3(C)CCC2C3(C)C)cc(OC)c1O. The fraction of sp³-hybridized carbons (Fsp3) is 0.526. The number of carbonyl (C=O) groups is 1. The Kier molecular flexibility index (Phi) is 3.47. The molecule has 124 valence electrons. The Morgan fingerprint density at radius 3 is 2.17 bits per heavy atom. The number of hydrogen-bond donors (Lipinski definition) is 1. The maximum atomic E-state index is 12.9. The van der Waals surface area contributed by atoms with Gasteiger partial charge in [0.15, 0.2) is 17.3 Å². The van der Waals surface area contributed by atoms with Crippen molar-refractivity contribution in [3.63, 3.8) is 0 Å². The third-order valence-electron chi connectivity index (χ3n) is 6.19. The fourth-order valence-electron chi connectivity index (χ4n) is 4.27. The summed E-state index contributed by atoms with van der Waals surface area (Å²) in [6, 6.07) is 3.47. The highest BCUT2D eigenvalue weighted by Gasteiger charge is 2.63. The number of allylic oxidation sites excluding steroid dienone is 1. The van der Waals surface area contributed by atoms with Crippen molar-refractivity contribution in [2.45, 2.75) is 33.6 Å². The zero-order valence-electron chi connectivity index (χ0n) is 14.4. The molecule has 0 aliphatic heterocycles. The minimum absolute atomic E-state index is 0.0129. The molecule has 3 rings (SSSR count). The van der Waals surface area contributed by atoms with Crippen LogP contribution < -0.4 is 9.47 Å². The minimum Gasteiger partial charge on any atom is -0.502 e. The number of aromatic hydroxyl groups is 1. The van der Waals surface area contributed by atoms with Gasteiger partial charge in [0, 0.05) is 5.41 Å². The molecule has 0 radical (unpaired) electrons. The van der Waals surface area contributed by atoms with Crippen molar-refractivity contribution in [3.8, 4) is 17.2 Å². The summed E-state index contributed by atoms with van der Waals surface area (Å²) in [5.74, 6) is 1.20. The summed E-state index contributed by atoms with van der Waals surface area (Å²) in [6.45, 7) is 6.48. The van der Waals surface area contributed by atoms with Crippen LogP contribution in [0.1, 0.15) is 39.2 Å². The van der Waals surface area contributed by atoms with E-state index in [0.717, 1.165) is 24.0 Å². The second kappa shape index (κ2) is 5.02. The Balaban J connectivity index is 2.09. The number of Topliss-reactive ketones (excluding diaryl/α,β-unsaturated/α-hetero) is 1. The van der Waals surface area contributed by atoms with Crippen molar-refractivity contribution < 1.29 is 19.4 Å².